The standard InChI is InChI=1S/C18H18N2O4S/c21-18-20(13-14-6-2-1-3-7-14)16-9-8-15(12-17(16)24-18)25(22,23)19-10-4-5-11-19/h1-3,6-9,12H,4-5,10-11,13H2. The fourth-order valence-electron chi connectivity index (χ4n) is 3.20. The fraction of sp³-hybridized carbons (Fsp3) is 0.278. The molecular weight excluding hydrogens is 340 g/mol. The maximum atomic E-state index is 12.7. The minimum Gasteiger partial charge on any atom is -0.408 e. The molecule has 2 heterocycles. The molecule has 0 spiro atoms. The number of rotatable bonds is 4. The van der Waals surface area contributed by atoms with E-state index in [2.05, 4.69) is 0 Å². The number of oxazole rings is 1. The lowest BCUT2D eigenvalue weighted by Gasteiger charge is -2.15. The first-order valence-corrected chi connectivity index (χ1v) is 9.67. The first kappa shape index (κ1) is 16.1. The molecule has 6 nitrogen and oxygen atoms in total. The number of nitrogens with zero attached hydrogens (tertiary/aromatic N) is 2. The Hall–Kier alpha value is -2.38. The maximum Gasteiger partial charge on any atom is 0.420 e. The smallest absolute Gasteiger partial charge is 0.408 e. The van der Waals surface area contributed by atoms with E-state index < -0.39 is 15.8 Å². The Bertz CT molecular complexity index is 1060. The van der Waals surface area contributed by atoms with Gasteiger partial charge in [-0.2, -0.15) is 4.31 Å². The van der Waals surface area contributed by atoms with Gasteiger partial charge in [0.1, 0.15) is 0 Å². The van der Waals surface area contributed by atoms with Gasteiger partial charge in [0.2, 0.25) is 10.0 Å². The van der Waals surface area contributed by atoms with Gasteiger partial charge in [-0.25, -0.2) is 13.2 Å². The molecule has 0 N–H and O–H groups in total. The quantitative estimate of drug-likeness (QED) is 0.718. The van der Waals surface area contributed by atoms with Crippen molar-refractivity contribution in [1.82, 2.24) is 8.87 Å². The Kier molecular flexibility index (Phi) is 3.97. The number of aromatic nitrogens is 1. The van der Waals surface area contributed by atoms with Gasteiger partial charge in [0.25, 0.3) is 0 Å². The third-order valence-corrected chi connectivity index (χ3v) is 6.42. The van der Waals surface area contributed by atoms with Gasteiger partial charge in [0, 0.05) is 19.2 Å². The van der Waals surface area contributed by atoms with Gasteiger partial charge in [0.05, 0.1) is 17.0 Å². The Morgan fingerprint density at radius 1 is 1.00 bits per heavy atom. The number of sulfonamides is 1. The monoisotopic (exact) mass is 358 g/mol. The van der Waals surface area contributed by atoms with E-state index in [0.29, 0.717) is 30.7 Å². The van der Waals surface area contributed by atoms with Crippen LogP contribution in [0.5, 0.6) is 0 Å². The molecule has 1 fully saturated rings. The fourth-order valence-corrected chi connectivity index (χ4v) is 4.73. The van der Waals surface area contributed by atoms with Crippen molar-refractivity contribution in [2.24, 2.45) is 0 Å². The average molecular weight is 358 g/mol. The summed E-state index contributed by atoms with van der Waals surface area (Å²) in [4.78, 5) is 12.4. The van der Waals surface area contributed by atoms with Crippen LogP contribution in [0.2, 0.25) is 0 Å². The molecule has 1 aromatic heterocycles. The summed E-state index contributed by atoms with van der Waals surface area (Å²) in [6.45, 7) is 1.46. The van der Waals surface area contributed by atoms with Crippen molar-refractivity contribution in [3.8, 4) is 0 Å². The highest BCUT2D eigenvalue weighted by atomic mass is 32.2. The second-order valence-electron chi connectivity index (χ2n) is 6.18. The van der Waals surface area contributed by atoms with E-state index in [4.69, 9.17) is 4.42 Å². The van der Waals surface area contributed by atoms with Gasteiger partial charge in [-0.05, 0) is 30.5 Å². The number of hydrogen-bond donors (Lipinski definition) is 0. The lowest BCUT2D eigenvalue weighted by Crippen LogP contribution is -2.27. The van der Waals surface area contributed by atoms with Crippen molar-refractivity contribution >= 4 is 21.1 Å². The largest absolute Gasteiger partial charge is 0.420 e. The SMILES string of the molecule is O=c1oc2cc(S(=O)(=O)N3CCCC3)ccc2n1Cc1ccccc1. The van der Waals surface area contributed by atoms with E-state index in [0.717, 1.165) is 18.4 Å². The second kappa shape index (κ2) is 6.16. The van der Waals surface area contributed by atoms with Gasteiger partial charge in [0.15, 0.2) is 5.58 Å². The Balaban J connectivity index is 1.74. The molecule has 25 heavy (non-hydrogen) atoms. The molecule has 1 saturated heterocycles. The predicted octanol–water partition coefficient (Wildman–Crippen LogP) is 2.43. The summed E-state index contributed by atoms with van der Waals surface area (Å²) < 4.78 is 33.6. The van der Waals surface area contributed by atoms with E-state index >= 15 is 0 Å². The molecule has 0 saturated carbocycles. The summed E-state index contributed by atoms with van der Waals surface area (Å²) in [5.41, 5.74) is 1.86. The van der Waals surface area contributed by atoms with Crippen molar-refractivity contribution in [2.75, 3.05) is 13.1 Å². The third kappa shape index (κ3) is 2.89. The van der Waals surface area contributed by atoms with Gasteiger partial charge >= 0.3 is 5.76 Å². The molecule has 0 bridgehead atoms. The second-order valence-corrected chi connectivity index (χ2v) is 8.12. The molecular formula is C18H18N2O4S. The summed E-state index contributed by atoms with van der Waals surface area (Å²) in [7, 11) is -3.53. The first-order valence-electron chi connectivity index (χ1n) is 8.23. The van der Waals surface area contributed by atoms with Crippen LogP contribution in [-0.2, 0) is 16.6 Å². The van der Waals surface area contributed by atoms with Crippen molar-refractivity contribution < 1.29 is 12.8 Å². The van der Waals surface area contributed by atoms with Crippen molar-refractivity contribution in [3.63, 3.8) is 0 Å². The molecule has 0 amide bonds. The lowest BCUT2D eigenvalue weighted by atomic mass is 10.2. The molecule has 1 aliphatic rings. The average Bonchev–Trinajstić information content (AvgIpc) is 3.25. The highest BCUT2D eigenvalue weighted by Gasteiger charge is 2.28. The normalized spacial score (nSPS) is 15.8. The van der Waals surface area contributed by atoms with E-state index in [1.54, 1.807) is 12.1 Å². The molecule has 0 radical (unpaired) electrons. The Labute approximate surface area is 145 Å². The first-order chi connectivity index (χ1) is 12.1. The molecule has 130 valence electrons. The zero-order chi connectivity index (χ0) is 17.4. The Morgan fingerprint density at radius 2 is 1.72 bits per heavy atom. The van der Waals surface area contributed by atoms with Crippen LogP contribution in [0.3, 0.4) is 0 Å². The summed E-state index contributed by atoms with van der Waals surface area (Å²) >= 11 is 0. The molecule has 3 aromatic rings. The summed E-state index contributed by atoms with van der Waals surface area (Å²) in [5.74, 6) is -0.491. The molecule has 0 aliphatic carbocycles. The highest BCUT2D eigenvalue weighted by Crippen LogP contribution is 2.24. The minimum absolute atomic E-state index is 0.169. The van der Waals surface area contributed by atoms with Crippen LogP contribution in [-0.4, -0.2) is 30.4 Å². The van der Waals surface area contributed by atoms with Gasteiger partial charge in [-0.3, -0.25) is 4.57 Å². The predicted molar refractivity (Wildman–Crippen MR) is 94.0 cm³/mol. The number of hydrogen-bond acceptors (Lipinski definition) is 4. The molecule has 0 unspecified atom stereocenters. The zero-order valence-electron chi connectivity index (χ0n) is 13.6. The molecule has 4 rings (SSSR count). The molecule has 7 heteroatoms. The topological polar surface area (TPSA) is 72.5 Å². The molecule has 1 aliphatic heterocycles. The van der Waals surface area contributed by atoms with Gasteiger partial charge in [-0.15, -0.1) is 0 Å². The van der Waals surface area contributed by atoms with Crippen LogP contribution in [0.25, 0.3) is 11.1 Å². The van der Waals surface area contributed by atoms with Gasteiger partial charge in [-0.1, -0.05) is 30.3 Å². The Morgan fingerprint density at radius 3 is 2.44 bits per heavy atom. The van der Waals surface area contributed by atoms with Crippen molar-refractivity contribution in [3.05, 3.63) is 64.6 Å². The summed E-state index contributed by atoms with van der Waals surface area (Å²) in [6.07, 6.45) is 1.76. The highest BCUT2D eigenvalue weighted by molar-refractivity contribution is 7.89. The molecule has 2 aromatic carbocycles. The summed E-state index contributed by atoms with van der Waals surface area (Å²) in [6, 6.07) is 14.2. The van der Waals surface area contributed by atoms with Gasteiger partial charge < -0.3 is 4.42 Å². The maximum absolute atomic E-state index is 12.7. The van der Waals surface area contributed by atoms with E-state index in [1.807, 2.05) is 30.3 Å². The van der Waals surface area contributed by atoms with Crippen LogP contribution in [0.15, 0.2) is 62.6 Å². The lowest BCUT2D eigenvalue weighted by molar-refractivity contribution is 0.477. The van der Waals surface area contributed by atoms with Crippen LogP contribution in [0.4, 0.5) is 0 Å². The van der Waals surface area contributed by atoms with Crippen molar-refractivity contribution in [1.29, 1.82) is 0 Å². The molecule has 0 atom stereocenters. The van der Waals surface area contributed by atoms with Crippen LogP contribution in [0, 0.1) is 0 Å². The van der Waals surface area contributed by atoms with Crippen molar-refractivity contribution in [2.45, 2.75) is 24.3 Å². The third-order valence-electron chi connectivity index (χ3n) is 4.53. The van der Waals surface area contributed by atoms with E-state index in [-0.39, 0.29) is 4.90 Å². The zero-order valence-corrected chi connectivity index (χ0v) is 14.4. The van der Waals surface area contributed by atoms with Crippen LogP contribution < -0.4 is 5.76 Å². The summed E-state index contributed by atoms with van der Waals surface area (Å²) in [5, 5.41) is 0. The van der Waals surface area contributed by atoms with Crippen LogP contribution in [0.1, 0.15) is 18.4 Å². The van der Waals surface area contributed by atoms with Crippen LogP contribution >= 0.6 is 0 Å². The number of benzene rings is 2. The minimum atomic E-state index is -3.53. The van der Waals surface area contributed by atoms with E-state index in [9.17, 15) is 13.2 Å². The van der Waals surface area contributed by atoms with E-state index in [1.165, 1.54) is 14.9 Å². The number of fused-ring (bicyclic) bond motifs is 1.